The maximum absolute atomic E-state index is 13.7. The molecule has 148 valence electrons. The summed E-state index contributed by atoms with van der Waals surface area (Å²) in [5, 5.41) is 3.43. The minimum atomic E-state index is -0.954. The molecule has 0 radical (unpaired) electrons. The monoisotopic (exact) mass is 383 g/mol. The Hall–Kier alpha value is -2.73. The number of carbonyl (C=O) groups is 1. The Balaban J connectivity index is 1.51. The summed E-state index contributed by atoms with van der Waals surface area (Å²) in [4.78, 5) is 18.1. The molecule has 0 unspecified atom stereocenters. The lowest BCUT2D eigenvalue weighted by Gasteiger charge is -2.17. The van der Waals surface area contributed by atoms with Crippen molar-refractivity contribution < 1.29 is 13.9 Å². The van der Waals surface area contributed by atoms with Gasteiger partial charge in [-0.05, 0) is 49.6 Å². The molecule has 5 nitrogen and oxygen atoms in total. The number of likely N-dealkylation sites (tertiary alicyclic amines) is 1. The van der Waals surface area contributed by atoms with E-state index in [1.165, 1.54) is 11.1 Å². The van der Waals surface area contributed by atoms with Gasteiger partial charge in [0.05, 0.1) is 6.61 Å². The highest BCUT2D eigenvalue weighted by Crippen LogP contribution is 2.18. The van der Waals surface area contributed by atoms with Crippen molar-refractivity contribution in [1.29, 1.82) is 0 Å². The molecule has 1 atom stereocenters. The second kappa shape index (κ2) is 9.46. The van der Waals surface area contributed by atoms with Crippen molar-refractivity contribution in [3.63, 3.8) is 0 Å². The number of carbonyl (C=O) groups excluding carboxylic acids is 1. The number of hydrogen-bond acceptors (Lipinski definition) is 5. The van der Waals surface area contributed by atoms with Crippen molar-refractivity contribution >= 4 is 17.9 Å². The fourth-order valence-corrected chi connectivity index (χ4v) is 3.24. The Morgan fingerprint density at radius 2 is 2.11 bits per heavy atom. The summed E-state index contributed by atoms with van der Waals surface area (Å²) in [6.07, 6.45) is 3.72. The third kappa shape index (κ3) is 5.63. The average molecular weight is 383 g/mol. The van der Waals surface area contributed by atoms with Crippen LogP contribution in [0.5, 0.6) is 0 Å². The normalized spacial score (nSPS) is 17.5. The summed E-state index contributed by atoms with van der Waals surface area (Å²) in [6, 6.07) is 12.5. The minimum absolute atomic E-state index is 0.142. The number of pyridine rings is 1. The first kappa shape index (κ1) is 20.0. The predicted molar refractivity (Wildman–Crippen MR) is 108 cm³/mol. The number of esters is 1. The maximum Gasteiger partial charge on any atom is 0.367 e. The molecule has 1 aromatic carbocycles. The van der Waals surface area contributed by atoms with E-state index in [2.05, 4.69) is 51.1 Å². The molecule has 0 saturated carbocycles. The summed E-state index contributed by atoms with van der Waals surface area (Å²) in [6.45, 7) is 6.81. The zero-order valence-electron chi connectivity index (χ0n) is 16.3. The van der Waals surface area contributed by atoms with Crippen molar-refractivity contribution in [2.75, 3.05) is 25.0 Å². The number of aryl methyl sites for hydroxylation is 1. The van der Waals surface area contributed by atoms with E-state index >= 15 is 0 Å². The SMILES string of the molecule is CCOC(=O)C(F)=Cc1ccc(N[C@@H]2CCN(Cc3ccc(C)cc3)C2)nc1. The molecular formula is C22H26FN3O2. The Kier molecular flexibility index (Phi) is 6.76. The first-order chi connectivity index (χ1) is 13.5. The van der Waals surface area contributed by atoms with E-state index in [-0.39, 0.29) is 6.61 Å². The van der Waals surface area contributed by atoms with Crippen LogP contribution in [0.4, 0.5) is 10.2 Å². The third-order valence-corrected chi connectivity index (χ3v) is 4.70. The second-order valence-electron chi connectivity index (χ2n) is 7.04. The summed E-state index contributed by atoms with van der Waals surface area (Å²) in [5.41, 5.74) is 3.11. The van der Waals surface area contributed by atoms with Crippen LogP contribution in [0.3, 0.4) is 0 Å². The van der Waals surface area contributed by atoms with E-state index in [0.717, 1.165) is 37.9 Å². The van der Waals surface area contributed by atoms with Crippen LogP contribution in [0.15, 0.2) is 48.4 Å². The Bertz CT molecular complexity index is 819. The number of nitrogens with zero attached hydrogens (tertiary/aromatic N) is 2. The van der Waals surface area contributed by atoms with Crippen LogP contribution in [0.25, 0.3) is 6.08 Å². The number of halogens is 1. The van der Waals surface area contributed by atoms with Crippen LogP contribution in [0.2, 0.25) is 0 Å². The molecule has 2 aromatic rings. The van der Waals surface area contributed by atoms with E-state index < -0.39 is 11.8 Å². The number of nitrogens with one attached hydrogen (secondary N) is 1. The van der Waals surface area contributed by atoms with E-state index in [4.69, 9.17) is 0 Å². The largest absolute Gasteiger partial charge is 0.461 e. The van der Waals surface area contributed by atoms with Crippen LogP contribution in [0, 0.1) is 6.92 Å². The van der Waals surface area contributed by atoms with E-state index in [1.807, 2.05) is 0 Å². The molecule has 1 N–H and O–H groups in total. The molecule has 1 aliphatic rings. The van der Waals surface area contributed by atoms with Crippen LogP contribution < -0.4 is 5.32 Å². The van der Waals surface area contributed by atoms with Gasteiger partial charge in [0.25, 0.3) is 0 Å². The molecule has 3 rings (SSSR count). The van der Waals surface area contributed by atoms with Gasteiger partial charge in [-0.2, -0.15) is 4.39 Å². The minimum Gasteiger partial charge on any atom is -0.461 e. The fourth-order valence-electron chi connectivity index (χ4n) is 3.24. The van der Waals surface area contributed by atoms with Gasteiger partial charge in [0.15, 0.2) is 0 Å². The van der Waals surface area contributed by atoms with Gasteiger partial charge in [-0.25, -0.2) is 9.78 Å². The number of aromatic nitrogens is 1. The predicted octanol–water partition coefficient (Wildman–Crippen LogP) is 3.95. The number of ether oxygens (including phenoxy) is 1. The lowest BCUT2D eigenvalue weighted by Crippen LogP contribution is -2.26. The molecule has 1 aromatic heterocycles. The summed E-state index contributed by atoms with van der Waals surface area (Å²) >= 11 is 0. The highest BCUT2D eigenvalue weighted by molar-refractivity contribution is 5.91. The quantitative estimate of drug-likeness (QED) is 0.580. The van der Waals surface area contributed by atoms with E-state index in [9.17, 15) is 9.18 Å². The molecule has 1 saturated heterocycles. The number of benzene rings is 1. The smallest absolute Gasteiger partial charge is 0.367 e. The number of anilines is 1. The number of rotatable bonds is 7. The average Bonchev–Trinajstić information content (AvgIpc) is 3.12. The van der Waals surface area contributed by atoms with E-state index in [1.54, 1.807) is 25.3 Å². The molecule has 1 fully saturated rings. The molecule has 1 aliphatic heterocycles. The highest BCUT2D eigenvalue weighted by atomic mass is 19.1. The summed E-state index contributed by atoms with van der Waals surface area (Å²) in [5.74, 6) is -1.13. The standard InChI is InChI=1S/C22H26FN3O2/c1-3-28-22(27)20(23)12-18-8-9-21(24-13-18)25-19-10-11-26(15-19)14-17-6-4-16(2)5-7-17/h4-9,12-13,19H,3,10-11,14-15H2,1-2H3,(H,24,25)/t19-/m1/s1. The van der Waals surface area contributed by atoms with Crippen molar-refractivity contribution in [3.05, 3.63) is 65.1 Å². The fraction of sp³-hybridized carbons (Fsp3) is 0.364. The third-order valence-electron chi connectivity index (χ3n) is 4.70. The summed E-state index contributed by atoms with van der Waals surface area (Å²) in [7, 11) is 0. The Morgan fingerprint density at radius 1 is 1.32 bits per heavy atom. The van der Waals surface area contributed by atoms with Crippen LogP contribution >= 0.6 is 0 Å². The molecule has 0 amide bonds. The first-order valence-electron chi connectivity index (χ1n) is 9.58. The molecule has 0 aliphatic carbocycles. The van der Waals surface area contributed by atoms with Gasteiger partial charge < -0.3 is 10.1 Å². The van der Waals surface area contributed by atoms with Gasteiger partial charge >= 0.3 is 5.97 Å². The van der Waals surface area contributed by atoms with Crippen molar-refractivity contribution in [1.82, 2.24) is 9.88 Å². The van der Waals surface area contributed by atoms with Crippen molar-refractivity contribution in [2.24, 2.45) is 0 Å². The molecule has 6 heteroatoms. The Morgan fingerprint density at radius 3 is 2.79 bits per heavy atom. The lowest BCUT2D eigenvalue weighted by atomic mass is 10.1. The topological polar surface area (TPSA) is 54.5 Å². The molecule has 0 spiro atoms. The summed E-state index contributed by atoms with van der Waals surface area (Å²) < 4.78 is 18.3. The lowest BCUT2D eigenvalue weighted by molar-refractivity contribution is -0.140. The maximum atomic E-state index is 13.7. The van der Waals surface area contributed by atoms with Gasteiger partial charge in [0, 0.05) is 31.9 Å². The van der Waals surface area contributed by atoms with Crippen LogP contribution in [-0.4, -0.2) is 41.6 Å². The van der Waals surface area contributed by atoms with E-state index in [0.29, 0.717) is 11.6 Å². The molecule has 28 heavy (non-hydrogen) atoms. The molecule has 0 bridgehead atoms. The van der Waals surface area contributed by atoms with Crippen molar-refractivity contribution in [2.45, 2.75) is 32.9 Å². The van der Waals surface area contributed by atoms with Gasteiger partial charge in [-0.1, -0.05) is 29.8 Å². The van der Waals surface area contributed by atoms with Crippen molar-refractivity contribution in [3.8, 4) is 0 Å². The molecule has 2 heterocycles. The highest BCUT2D eigenvalue weighted by Gasteiger charge is 2.22. The Labute approximate surface area is 165 Å². The number of hydrogen-bond donors (Lipinski definition) is 1. The second-order valence-corrected chi connectivity index (χ2v) is 7.04. The van der Waals surface area contributed by atoms with Gasteiger partial charge in [0.2, 0.25) is 5.83 Å². The van der Waals surface area contributed by atoms with Crippen LogP contribution in [0.1, 0.15) is 30.0 Å². The molecular weight excluding hydrogens is 357 g/mol. The van der Waals surface area contributed by atoms with Gasteiger partial charge in [-0.15, -0.1) is 0 Å². The van der Waals surface area contributed by atoms with Crippen LogP contribution in [-0.2, 0) is 16.1 Å². The zero-order valence-corrected chi connectivity index (χ0v) is 16.3. The first-order valence-corrected chi connectivity index (χ1v) is 9.58. The zero-order chi connectivity index (χ0) is 19.9. The van der Waals surface area contributed by atoms with Gasteiger partial charge in [-0.3, -0.25) is 4.90 Å². The van der Waals surface area contributed by atoms with Gasteiger partial charge in [0.1, 0.15) is 5.82 Å².